The highest BCUT2D eigenvalue weighted by molar-refractivity contribution is 6.06. The predicted octanol–water partition coefficient (Wildman–Crippen LogP) is 2.42. The molecule has 0 saturated carbocycles. The molecule has 3 heteroatoms. The van der Waals surface area contributed by atoms with Crippen LogP contribution in [-0.2, 0) is 0 Å². The van der Waals surface area contributed by atoms with Crippen LogP contribution in [0.3, 0.4) is 0 Å². The molecule has 18 heavy (non-hydrogen) atoms. The van der Waals surface area contributed by atoms with Crippen molar-refractivity contribution >= 4 is 16.7 Å². The van der Waals surface area contributed by atoms with Crippen LogP contribution in [0, 0.1) is 5.92 Å². The van der Waals surface area contributed by atoms with Crippen molar-refractivity contribution < 1.29 is 4.79 Å². The third kappa shape index (κ3) is 2.14. The van der Waals surface area contributed by atoms with Gasteiger partial charge in [-0.3, -0.25) is 9.78 Å². The summed E-state index contributed by atoms with van der Waals surface area (Å²) in [6.45, 7) is 2.00. The molecule has 3 nitrogen and oxygen atoms in total. The van der Waals surface area contributed by atoms with Gasteiger partial charge in [0, 0.05) is 23.6 Å². The van der Waals surface area contributed by atoms with Crippen molar-refractivity contribution in [1.29, 1.82) is 0 Å². The Kier molecular flexibility index (Phi) is 3.07. The highest BCUT2D eigenvalue weighted by Crippen LogP contribution is 2.21. The molecular weight excluding hydrogens is 224 g/mol. The van der Waals surface area contributed by atoms with Gasteiger partial charge < -0.3 is 5.32 Å². The molecule has 1 unspecified atom stereocenters. The minimum Gasteiger partial charge on any atom is -0.316 e. The Balaban J connectivity index is 1.91. The first kappa shape index (κ1) is 11.4. The van der Waals surface area contributed by atoms with E-state index in [1.165, 1.54) is 0 Å². The second-order valence-corrected chi connectivity index (χ2v) is 4.87. The lowest BCUT2D eigenvalue weighted by atomic mass is 9.96. The molecular formula is C15H16N2O. The molecule has 1 aromatic heterocycles. The fourth-order valence-corrected chi connectivity index (χ4v) is 2.59. The summed E-state index contributed by atoms with van der Waals surface area (Å²) < 4.78 is 0. The molecule has 1 aliphatic heterocycles. The van der Waals surface area contributed by atoms with Gasteiger partial charge in [0.2, 0.25) is 0 Å². The van der Waals surface area contributed by atoms with E-state index in [0.29, 0.717) is 12.3 Å². The number of carbonyl (C=O) groups excluding carboxylic acids is 1. The number of rotatable bonds is 3. The number of fused-ring (bicyclic) bond motifs is 1. The summed E-state index contributed by atoms with van der Waals surface area (Å²) in [5, 5.41) is 4.33. The quantitative estimate of drug-likeness (QED) is 0.838. The van der Waals surface area contributed by atoms with Crippen molar-refractivity contribution in [1.82, 2.24) is 10.3 Å². The molecule has 1 aromatic carbocycles. The lowest BCUT2D eigenvalue weighted by Gasteiger charge is -2.08. The Bertz CT molecular complexity index is 568. The third-order valence-electron chi connectivity index (χ3n) is 3.57. The maximum Gasteiger partial charge on any atom is 0.165 e. The molecule has 0 amide bonds. The first-order valence-electron chi connectivity index (χ1n) is 6.42. The van der Waals surface area contributed by atoms with Crippen molar-refractivity contribution in [3.8, 4) is 0 Å². The van der Waals surface area contributed by atoms with Crippen LogP contribution in [0.4, 0.5) is 0 Å². The fraction of sp³-hybridized carbons (Fsp3) is 0.333. The number of para-hydroxylation sites is 1. The fourth-order valence-electron chi connectivity index (χ4n) is 2.59. The first-order chi connectivity index (χ1) is 8.84. The molecule has 0 bridgehead atoms. The molecule has 0 spiro atoms. The van der Waals surface area contributed by atoms with Crippen molar-refractivity contribution in [3.05, 3.63) is 42.1 Å². The molecule has 0 radical (unpaired) electrons. The monoisotopic (exact) mass is 240 g/mol. The SMILES string of the molecule is O=C(CC1CCNC1)c1cccc2cccnc12. The zero-order chi connectivity index (χ0) is 12.4. The summed E-state index contributed by atoms with van der Waals surface area (Å²) in [5.41, 5.74) is 1.59. The molecule has 1 N–H and O–H groups in total. The molecule has 92 valence electrons. The van der Waals surface area contributed by atoms with Crippen molar-refractivity contribution in [2.75, 3.05) is 13.1 Å². The number of nitrogens with zero attached hydrogens (tertiary/aromatic N) is 1. The molecule has 1 saturated heterocycles. The normalized spacial score (nSPS) is 19.2. The Morgan fingerprint density at radius 3 is 3.06 bits per heavy atom. The van der Waals surface area contributed by atoms with E-state index in [4.69, 9.17) is 0 Å². The van der Waals surface area contributed by atoms with Gasteiger partial charge in [-0.05, 0) is 37.6 Å². The molecule has 1 atom stereocenters. The predicted molar refractivity (Wildman–Crippen MR) is 71.7 cm³/mol. The number of aromatic nitrogens is 1. The van der Waals surface area contributed by atoms with E-state index in [0.717, 1.165) is 36.0 Å². The Morgan fingerprint density at radius 2 is 2.22 bits per heavy atom. The number of carbonyl (C=O) groups is 1. The van der Waals surface area contributed by atoms with Gasteiger partial charge in [0.15, 0.2) is 5.78 Å². The lowest BCUT2D eigenvalue weighted by Crippen LogP contribution is -2.13. The minimum absolute atomic E-state index is 0.216. The minimum atomic E-state index is 0.216. The zero-order valence-electron chi connectivity index (χ0n) is 10.2. The van der Waals surface area contributed by atoms with E-state index in [1.807, 2.05) is 30.3 Å². The zero-order valence-corrected chi connectivity index (χ0v) is 10.2. The maximum atomic E-state index is 12.3. The van der Waals surface area contributed by atoms with Gasteiger partial charge in [0.1, 0.15) is 0 Å². The van der Waals surface area contributed by atoms with Crippen molar-refractivity contribution in [2.24, 2.45) is 5.92 Å². The van der Waals surface area contributed by atoms with Gasteiger partial charge in [0.25, 0.3) is 0 Å². The highest BCUT2D eigenvalue weighted by Gasteiger charge is 2.20. The average Bonchev–Trinajstić information content (AvgIpc) is 2.91. The van der Waals surface area contributed by atoms with Gasteiger partial charge in [-0.25, -0.2) is 0 Å². The second kappa shape index (κ2) is 4.86. The summed E-state index contributed by atoms with van der Waals surface area (Å²) in [6.07, 6.45) is 3.48. The Hall–Kier alpha value is -1.74. The number of nitrogens with one attached hydrogen (secondary N) is 1. The van der Waals surface area contributed by atoms with E-state index < -0.39 is 0 Å². The number of benzene rings is 1. The van der Waals surface area contributed by atoms with Crippen LogP contribution >= 0.6 is 0 Å². The largest absolute Gasteiger partial charge is 0.316 e. The van der Waals surface area contributed by atoms with Crippen LogP contribution in [0.2, 0.25) is 0 Å². The Labute approximate surface area is 106 Å². The van der Waals surface area contributed by atoms with Crippen molar-refractivity contribution in [3.63, 3.8) is 0 Å². The topological polar surface area (TPSA) is 42.0 Å². The average molecular weight is 240 g/mol. The van der Waals surface area contributed by atoms with Crippen LogP contribution < -0.4 is 5.32 Å². The summed E-state index contributed by atoms with van der Waals surface area (Å²) >= 11 is 0. The van der Waals surface area contributed by atoms with Crippen molar-refractivity contribution in [2.45, 2.75) is 12.8 Å². The van der Waals surface area contributed by atoms with Gasteiger partial charge >= 0.3 is 0 Å². The summed E-state index contributed by atoms with van der Waals surface area (Å²) in [4.78, 5) is 16.7. The number of hydrogen-bond donors (Lipinski definition) is 1. The number of Topliss-reactive ketones (excluding diaryl/α,β-unsaturated/α-hetero) is 1. The van der Waals surface area contributed by atoms with Gasteiger partial charge in [-0.1, -0.05) is 18.2 Å². The molecule has 2 heterocycles. The lowest BCUT2D eigenvalue weighted by molar-refractivity contribution is 0.0966. The van der Waals surface area contributed by atoms with E-state index in [1.54, 1.807) is 6.20 Å². The first-order valence-corrected chi connectivity index (χ1v) is 6.42. The number of ketones is 1. The molecule has 0 aliphatic carbocycles. The smallest absolute Gasteiger partial charge is 0.165 e. The van der Waals surface area contributed by atoms with E-state index in [2.05, 4.69) is 10.3 Å². The maximum absolute atomic E-state index is 12.3. The van der Waals surface area contributed by atoms with Crippen LogP contribution in [0.1, 0.15) is 23.2 Å². The molecule has 2 aromatic rings. The van der Waals surface area contributed by atoms with Crippen LogP contribution in [0.15, 0.2) is 36.5 Å². The summed E-state index contributed by atoms with van der Waals surface area (Å²) in [7, 11) is 0. The highest BCUT2D eigenvalue weighted by atomic mass is 16.1. The van der Waals surface area contributed by atoms with Gasteiger partial charge in [-0.15, -0.1) is 0 Å². The van der Waals surface area contributed by atoms with Gasteiger partial charge in [0.05, 0.1) is 5.52 Å². The van der Waals surface area contributed by atoms with Gasteiger partial charge in [-0.2, -0.15) is 0 Å². The molecule has 1 fully saturated rings. The van der Waals surface area contributed by atoms with Crippen LogP contribution in [0.5, 0.6) is 0 Å². The summed E-state index contributed by atoms with van der Waals surface area (Å²) in [6, 6.07) is 9.72. The van der Waals surface area contributed by atoms with Crippen LogP contribution in [-0.4, -0.2) is 23.9 Å². The van der Waals surface area contributed by atoms with E-state index >= 15 is 0 Å². The Morgan fingerprint density at radius 1 is 1.33 bits per heavy atom. The van der Waals surface area contributed by atoms with Crippen LogP contribution in [0.25, 0.3) is 10.9 Å². The molecule has 3 rings (SSSR count). The van der Waals surface area contributed by atoms with E-state index in [-0.39, 0.29) is 5.78 Å². The number of pyridine rings is 1. The standard InChI is InChI=1S/C15H16N2O/c18-14(9-11-6-8-16-10-11)13-5-1-3-12-4-2-7-17-15(12)13/h1-5,7,11,16H,6,8-10H2. The van der Waals surface area contributed by atoms with E-state index in [9.17, 15) is 4.79 Å². The molecule has 1 aliphatic rings. The second-order valence-electron chi connectivity index (χ2n) is 4.87. The summed E-state index contributed by atoms with van der Waals surface area (Å²) in [5.74, 6) is 0.699. The third-order valence-corrected chi connectivity index (χ3v) is 3.57. The number of hydrogen-bond acceptors (Lipinski definition) is 3.